The number of pyridine rings is 1. The van der Waals surface area contributed by atoms with Crippen LogP contribution in [0.5, 0.6) is 5.75 Å². The third-order valence-corrected chi connectivity index (χ3v) is 5.65. The van der Waals surface area contributed by atoms with E-state index in [-0.39, 0.29) is 5.75 Å². The van der Waals surface area contributed by atoms with E-state index in [0.717, 1.165) is 26.3 Å². The largest absolute Gasteiger partial charge is 0.504 e. The van der Waals surface area contributed by atoms with E-state index < -0.39 is 0 Å². The molecule has 3 aromatic carbocycles. The van der Waals surface area contributed by atoms with Gasteiger partial charge in [0, 0.05) is 27.9 Å². The maximum absolute atomic E-state index is 10.1. The molecule has 0 saturated heterocycles. The van der Waals surface area contributed by atoms with Gasteiger partial charge in [-0.05, 0) is 42.0 Å². The van der Waals surface area contributed by atoms with Crippen LogP contribution in [0.25, 0.3) is 10.9 Å². The lowest BCUT2D eigenvalue weighted by atomic mass is 10.2. The van der Waals surface area contributed by atoms with Crippen molar-refractivity contribution < 1.29 is 5.11 Å². The van der Waals surface area contributed by atoms with E-state index in [4.69, 9.17) is 11.6 Å². The SMILES string of the molecule is Oc1c(Cl)cccc1NCc1ccccc1Sc1ccc2cccnc2c1. The van der Waals surface area contributed by atoms with E-state index in [2.05, 4.69) is 46.7 Å². The lowest BCUT2D eigenvalue weighted by molar-refractivity contribution is 0.477. The molecule has 0 spiro atoms. The predicted molar refractivity (Wildman–Crippen MR) is 113 cm³/mol. The Hall–Kier alpha value is -2.69. The van der Waals surface area contributed by atoms with E-state index >= 15 is 0 Å². The van der Waals surface area contributed by atoms with Gasteiger partial charge < -0.3 is 10.4 Å². The summed E-state index contributed by atoms with van der Waals surface area (Å²) < 4.78 is 0. The van der Waals surface area contributed by atoms with Crippen LogP contribution in [0.4, 0.5) is 5.69 Å². The second-order valence-corrected chi connectivity index (χ2v) is 7.58. The third kappa shape index (κ3) is 4.02. The molecule has 4 rings (SSSR count). The molecule has 0 aliphatic carbocycles. The van der Waals surface area contributed by atoms with Crippen molar-refractivity contribution in [2.45, 2.75) is 16.3 Å². The molecule has 2 N–H and O–H groups in total. The van der Waals surface area contributed by atoms with Crippen molar-refractivity contribution in [3.8, 4) is 5.75 Å². The summed E-state index contributed by atoms with van der Waals surface area (Å²) in [7, 11) is 0. The minimum atomic E-state index is 0.0740. The number of rotatable bonds is 5. The molecule has 0 aliphatic heterocycles. The molecule has 0 aliphatic rings. The van der Waals surface area contributed by atoms with Gasteiger partial charge in [0.05, 0.1) is 16.2 Å². The molecule has 0 unspecified atom stereocenters. The van der Waals surface area contributed by atoms with Gasteiger partial charge in [-0.1, -0.05) is 59.8 Å². The topological polar surface area (TPSA) is 45.1 Å². The summed E-state index contributed by atoms with van der Waals surface area (Å²) in [5.74, 6) is 0.0740. The van der Waals surface area contributed by atoms with Gasteiger partial charge >= 0.3 is 0 Å². The number of fused-ring (bicyclic) bond motifs is 1. The van der Waals surface area contributed by atoms with E-state index in [1.807, 2.05) is 36.5 Å². The van der Waals surface area contributed by atoms with Gasteiger partial charge in [0.2, 0.25) is 0 Å². The summed E-state index contributed by atoms with van der Waals surface area (Å²) in [6.07, 6.45) is 1.81. The Morgan fingerprint density at radius 3 is 2.78 bits per heavy atom. The van der Waals surface area contributed by atoms with E-state index in [9.17, 15) is 5.11 Å². The van der Waals surface area contributed by atoms with Crippen molar-refractivity contribution in [3.63, 3.8) is 0 Å². The maximum atomic E-state index is 10.1. The number of anilines is 1. The van der Waals surface area contributed by atoms with Gasteiger partial charge in [-0.15, -0.1) is 0 Å². The number of aromatic hydroxyl groups is 1. The molecule has 1 aromatic heterocycles. The zero-order chi connectivity index (χ0) is 18.6. The molecule has 5 heteroatoms. The van der Waals surface area contributed by atoms with Crippen molar-refractivity contribution in [1.82, 2.24) is 4.98 Å². The maximum Gasteiger partial charge on any atom is 0.157 e. The van der Waals surface area contributed by atoms with Crippen LogP contribution in [0.3, 0.4) is 0 Å². The molecule has 134 valence electrons. The van der Waals surface area contributed by atoms with Crippen molar-refractivity contribution in [3.05, 3.63) is 89.6 Å². The van der Waals surface area contributed by atoms with E-state index in [1.165, 1.54) is 0 Å². The van der Waals surface area contributed by atoms with Crippen LogP contribution >= 0.6 is 23.4 Å². The highest BCUT2D eigenvalue weighted by atomic mass is 35.5. The Labute approximate surface area is 167 Å². The smallest absolute Gasteiger partial charge is 0.157 e. The standard InChI is InChI=1S/C22H17ClN2OS/c23-18-7-3-8-19(22(18)26)25-14-16-5-1-2-9-21(16)27-17-11-10-15-6-4-12-24-20(15)13-17/h1-13,25-26H,14H2. The summed E-state index contributed by atoms with van der Waals surface area (Å²) in [4.78, 5) is 6.73. The van der Waals surface area contributed by atoms with Gasteiger partial charge in [0.15, 0.2) is 5.75 Å². The van der Waals surface area contributed by atoms with Gasteiger partial charge in [-0.3, -0.25) is 4.98 Å². The average molecular weight is 393 g/mol. The van der Waals surface area contributed by atoms with Crippen molar-refractivity contribution in [2.24, 2.45) is 0 Å². The van der Waals surface area contributed by atoms with Crippen molar-refractivity contribution >= 4 is 40.0 Å². The summed E-state index contributed by atoms with van der Waals surface area (Å²) in [6.45, 7) is 0.586. The molecule has 0 bridgehead atoms. The lowest BCUT2D eigenvalue weighted by Gasteiger charge is -2.13. The highest BCUT2D eigenvalue weighted by molar-refractivity contribution is 7.99. The zero-order valence-electron chi connectivity index (χ0n) is 14.4. The Kier molecular flexibility index (Phi) is 5.19. The van der Waals surface area contributed by atoms with Crippen LogP contribution in [0.2, 0.25) is 5.02 Å². The van der Waals surface area contributed by atoms with Crippen LogP contribution in [0, 0.1) is 0 Å². The number of hydrogen-bond donors (Lipinski definition) is 2. The quantitative estimate of drug-likeness (QED) is 0.388. The van der Waals surface area contributed by atoms with Crippen LogP contribution in [0.15, 0.2) is 88.8 Å². The van der Waals surface area contributed by atoms with Crippen molar-refractivity contribution in [2.75, 3.05) is 5.32 Å². The minimum Gasteiger partial charge on any atom is -0.504 e. The second-order valence-electron chi connectivity index (χ2n) is 6.06. The molecular weight excluding hydrogens is 376 g/mol. The number of nitrogens with one attached hydrogen (secondary N) is 1. The summed E-state index contributed by atoms with van der Waals surface area (Å²) >= 11 is 7.68. The number of phenols is 1. The number of para-hydroxylation sites is 1. The fourth-order valence-corrected chi connectivity index (χ4v) is 3.99. The molecule has 0 fully saturated rings. The van der Waals surface area contributed by atoms with E-state index in [1.54, 1.807) is 17.8 Å². The number of benzene rings is 3. The number of nitrogens with zero attached hydrogens (tertiary/aromatic N) is 1. The number of phenolic OH excluding ortho intramolecular Hbond substituents is 1. The van der Waals surface area contributed by atoms with Gasteiger partial charge in [-0.2, -0.15) is 0 Å². The third-order valence-electron chi connectivity index (χ3n) is 4.23. The monoisotopic (exact) mass is 392 g/mol. The molecular formula is C22H17ClN2OS. The lowest BCUT2D eigenvalue weighted by Crippen LogP contribution is -2.01. The average Bonchev–Trinajstić information content (AvgIpc) is 2.70. The fraction of sp³-hybridized carbons (Fsp3) is 0.0455. The summed E-state index contributed by atoms with van der Waals surface area (Å²) in [6, 6.07) is 23.8. The Morgan fingerprint density at radius 1 is 0.963 bits per heavy atom. The first kappa shape index (κ1) is 17.7. The Morgan fingerprint density at radius 2 is 1.85 bits per heavy atom. The van der Waals surface area contributed by atoms with Crippen LogP contribution in [0.1, 0.15) is 5.56 Å². The number of halogens is 1. The summed E-state index contributed by atoms with van der Waals surface area (Å²) in [5, 5.41) is 14.8. The van der Waals surface area contributed by atoms with E-state index in [0.29, 0.717) is 17.3 Å². The zero-order valence-corrected chi connectivity index (χ0v) is 16.0. The van der Waals surface area contributed by atoms with Crippen LogP contribution in [-0.4, -0.2) is 10.1 Å². The van der Waals surface area contributed by atoms with Crippen molar-refractivity contribution in [1.29, 1.82) is 0 Å². The first-order valence-corrected chi connectivity index (χ1v) is 9.72. The molecule has 3 nitrogen and oxygen atoms in total. The molecule has 4 aromatic rings. The molecule has 0 saturated carbocycles. The molecule has 0 amide bonds. The Balaban J connectivity index is 1.56. The van der Waals surface area contributed by atoms with Crippen LogP contribution < -0.4 is 5.32 Å². The number of aromatic nitrogens is 1. The highest BCUT2D eigenvalue weighted by Gasteiger charge is 2.08. The Bertz CT molecular complexity index is 1100. The fourth-order valence-electron chi connectivity index (χ4n) is 2.83. The highest BCUT2D eigenvalue weighted by Crippen LogP contribution is 2.34. The molecule has 27 heavy (non-hydrogen) atoms. The predicted octanol–water partition coefficient (Wildman–Crippen LogP) is 6.36. The van der Waals surface area contributed by atoms with Gasteiger partial charge in [0.1, 0.15) is 0 Å². The normalized spacial score (nSPS) is 10.9. The van der Waals surface area contributed by atoms with Crippen LogP contribution in [-0.2, 0) is 6.54 Å². The van der Waals surface area contributed by atoms with Gasteiger partial charge in [0.25, 0.3) is 0 Å². The second kappa shape index (κ2) is 7.91. The minimum absolute atomic E-state index is 0.0740. The summed E-state index contributed by atoms with van der Waals surface area (Å²) in [5.41, 5.74) is 2.75. The first-order valence-electron chi connectivity index (χ1n) is 8.52. The first-order chi connectivity index (χ1) is 13.2. The number of hydrogen-bond acceptors (Lipinski definition) is 4. The molecule has 0 atom stereocenters. The molecule has 1 heterocycles. The molecule has 0 radical (unpaired) electrons. The van der Waals surface area contributed by atoms with Gasteiger partial charge in [-0.25, -0.2) is 0 Å².